The maximum atomic E-state index is 11.6. The van der Waals surface area contributed by atoms with Gasteiger partial charge >= 0.3 is 5.97 Å². The molecule has 0 heterocycles. The Balaban J connectivity index is 2.60. The molecule has 1 aromatic carbocycles. The van der Waals surface area contributed by atoms with E-state index in [-0.39, 0.29) is 5.97 Å². The second-order valence-electron chi connectivity index (χ2n) is 3.45. The van der Waals surface area contributed by atoms with Crippen molar-refractivity contribution in [3.63, 3.8) is 0 Å². The fourth-order valence-corrected chi connectivity index (χ4v) is 1.34. The molecular weight excluding hydrogens is 202 g/mol. The molecule has 0 unspecified atom stereocenters. The van der Waals surface area contributed by atoms with Crippen molar-refractivity contribution in [3.05, 3.63) is 48.0 Å². The first-order valence-electron chi connectivity index (χ1n) is 5.35. The summed E-state index contributed by atoms with van der Waals surface area (Å²) in [5, 5.41) is 0. The molecule has 0 radical (unpaired) electrons. The van der Waals surface area contributed by atoms with Crippen LogP contribution in [-0.4, -0.2) is 19.1 Å². The Morgan fingerprint density at radius 1 is 1.50 bits per heavy atom. The molecule has 0 aromatic heterocycles. The number of hydrogen-bond acceptors (Lipinski definition) is 3. The van der Waals surface area contributed by atoms with Crippen LogP contribution in [0.25, 0.3) is 0 Å². The SMILES string of the molecule is C=CCCOC(=O)c1cccc(CCN)c1. The molecule has 0 saturated carbocycles. The van der Waals surface area contributed by atoms with Gasteiger partial charge in [0.1, 0.15) is 0 Å². The molecular formula is C13H17NO2. The Labute approximate surface area is 95.9 Å². The number of carbonyl (C=O) groups excluding carboxylic acids is 1. The molecule has 3 nitrogen and oxygen atoms in total. The van der Waals surface area contributed by atoms with Gasteiger partial charge in [0.25, 0.3) is 0 Å². The number of nitrogens with two attached hydrogens (primary N) is 1. The van der Waals surface area contributed by atoms with Gasteiger partial charge in [-0.25, -0.2) is 4.79 Å². The molecule has 0 amide bonds. The molecule has 0 aliphatic carbocycles. The smallest absolute Gasteiger partial charge is 0.338 e. The van der Waals surface area contributed by atoms with Crippen molar-refractivity contribution in [2.24, 2.45) is 5.73 Å². The van der Waals surface area contributed by atoms with Crippen molar-refractivity contribution in [3.8, 4) is 0 Å². The number of carbonyl (C=O) groups is 1. The number of rotatable bonds is 6. The van der Waals surface area contributed by atoms with Crippen molar-refractivity contribution in [1.29, 1.82) is 0 Å². The fraction of sp³-hybridized carbons (Fsp3) is 0.308. The average molecular weight is 219 g/mol. The van der Waals surface area contributed by atoms with Crippen molar-refractivity contribution in [1.82, 2.24) is 0 Å². The molecule has 0 spiro atoms. The standard InChI is InChI=1S/C13H17NO2/c1-2-3-9-16-13(15)12-6-4-5-11(10-12)7-8-14/h2,4-6,10H,1,3,7-9,14H2. The van der Waals surface area contributed by atoms with Gasteiger partial charge in [-0.15, -0.1) is 6.58 Å². The van der Waals surface area contributed by atoms with Crippen LogP contribution >= 0.6 is 0 Å². The average Bonchev–Trinajstić information content (AvgIpc) is 2.30. The Kier molecular flexibility index (Phi) is 5.29. The normalized spacial score (nSPS) is 9.81. The lowest BCUT2D eigenvalue weighted by Crippen LogP contribution is -2.08. The summed E-state index contributed by atoms with van der Waals surface area (Å²) in [6, 6.07) is 7.36. The monoisotopic (exact) mass is 219 g/mol. The maximum absolute atomic E-state index is 11.6. The van der Waals surface area contributed by atoms with Crippen LogP contribution in [0.5, 0.6) is 0 Å². The highest BCUT2D eigenvalue weighted by atomic mass is 16.5. The zero-order valence-corrected chi connectivity index (χ0v) is 9.32. The van der Waals surface area contributed by atoms with Crippen LogP contribution in [0, 0.1) is 0 Å². The minimum Gasteiger partial charge on any atom is -0.462 e. The van der Waals surface area contributed by atoms with E-state index in [9.17, 15) is 4.79 Å². The minimum absolute atomic E-state index is 0.291. The summed E-state index contributed by atoms with van der Waals surface area (Å²) in [5.41, 5.74) is 7.09. The third-order valence-electron chi connectivity index (χ3n) is 2.15. The molecule has 2 N–H and O–H groups in total. The molecule has 0 bridgehead atoms. The first-order chi connectivity index (χ1) is 7.77. The van der Waals surface area contributed by atoms with E-state index >= 15 is 0 Å². The van der Waals surface area contributed by atoms with Crippen molar-refractivity contribution >= 4 is 5.97 Å². The van der Waals surface area contributed by atoms with Gasteiger partial charge in [0.15, 0.2) is 0 Å². The number of ether oxygens (including phenoxy) is 1. The summed E-state index contributed by atoms with van der Waals surface area (Å²) in [4.78, 5) is 11.6. The predicted octanol–water partition coefficient (Wildman–Crippen LogP) is 1.92. The number of esters is 1. The van der Waals surface area contributed by atoms with Crippen LogP contribution < -0.4 is 5.73 Å². The van der Waals surface area contributed by atoms with E-state index in [1.54, 1.807) is 12.1 Å². The van der Waals surface area contributed by atoms with E-state index in [2.05, 4.69) is 6.58 Å². The molecule has 0 atom stereocenters. The Morgan fingerprint density at radius 3 is 3.00 bits per heavy atom. The first kappa shape index (κ1) is 12.5. The second kappa shape index (κ2) is 6.80. The van der Waals surface area contributed by atoms with Crippen LogP contribution in [0.4, 0.5) is 0 Å². The molecule has 3 heteroatoms. The Bertz CT molecular complexity index is 361. The molecule has 0 aliphatic heterocycles. The summed E-state index contributed by atoms with van der Waals surface area (Å²) in [6.07, 6.45) is 3.17. The lowest BCUT2D eigenvalue weighted by atomic mass is 10.1. The number of hydrogen-bond donors (Lipinski definition) is 1. The van der Waals surface area contributed by atoms with Gasteiger partial charge in [-0.05, 0) is 37.1 Å². The van der Waals surface area contributed by atoms with E-state index in [0.29, 0.717) is 25.1 Å². The fourth-order valence-electron chi connectivity index (χ4n) is 1.34. The van der Waals surface area contributed by atoms with Crippen LogP contribution in [0.2, 0.25) is 0 Å². The van der Waals surface area contributed by atoms with Crippen LogP contribution in [0.1, 0.15) is 22.3 Å². The zero-order valence-electron chi connectivity index (χ0n) is 9.32. The van der Waals surface area contributed by atoms with Crippen LogP contribution in [-0.2, 0) is 11.2 Å². The quantitative estimate of drug-likeness (QED) is 0.452. The summed E-state index contributed by atoms with van der Waals surface area (Å²) in [5.74, 6) is -0.291. The van der Waals surface area contributed by atoms with Gasteiger partial charge in [0.05, 0.1) is 12.2 Å². The Hall–Kier alpha value is -1.61. The predicted molar refractivity (Wildman–Crippen MR) is 64.3 cm³/mol. The topological polar surface area (TPSA) is 52.3 Å². The molecule has 0 fully saturated rings. The molecule has 1 rings (SSSR count). The molecule has 86 valence electrons. The van der Waals surface area contributed by atoms with E-state index in [1.807, 2.05) is 18.2 Å². The summed E-state index contributed by atoms with van der Waals surface area (Å²) < 4.78 is 5.06. The van der Waals surface area contributed by atoms with Gasteiger partial charge in [-0.3, -0.25) is 0 Å². The highest BCUT2D eigenvalue weighted by molar-refractivity contribution is 5.89. The third kappa shape index (κ3) is 3.87. The van der Waals surface area contributed by atoms with Gasteiger partial charge < -0.3 is 10.5 Å². The summed E-state index contributed by atoms with van der Waals surface area (Å²) in [6.45, 7) is 4.52. The number of benzene rings is 1. The van der Waals surface area contributed by atoms with E-state index < -0.39 is 0 Å². The third-order valence-corrected chi connectivity index (χ3v) is 2.15. The maximum Gasteiger partial charge on any atom is 0.338 e. The Morgan fingerprint density at radius 2 is 2.31 bits per heavy atom. The summed E-state index contributed by atoms with van der Waals surface area (Å²) in [7, 11) is 0. The zero-order chi connectivity index (χ0) is 11.8. The lowest BCUT2D eigenvalue weighted by molar-refractivity contribution is 0.0511. The van der Waals surface area contributed by atoms with Crippen molar-refractivity contribution in [2.45, 2.75) is 12.8 Å². The van der Waals surface area contributed by atoms with Crippen molar-refractivity contribution < 1.29 is 9.53 Å². The minimum atomic E-state index is -0.291. The van der Waals surface area contributed by atoms with Gasteiger partial charge in [-0.2, -0.15) is 0 Å². The lowest BCUT2D eigenvalue weighted by Gasteiger charge is -2.05. The largest absolute Gasteiger partial charge is 0.462 e. The van der Waals surface area contributed by atoms with E-state index in [1.165, 1.54) is 0 Å². The van der Waals surface area contributed by atoms with Gasteiger partial charge in [-0.1, -0.05) is 18.2 Å². The van der Waals surface area contributed by atoms with Gasteiger partial charge in [0, 0.05) is 0 Å². The second-order valence-corrected chi connectivity index (χ2v) is 3.45. The van der Waals surface area contributed by atoms with Gasteiger partial charge in [0.2, 0.25) is 0 Å². The van der Waals surface area contributed by atoms with Crippen LogP contribution in [0.3, 0.4) is 0 Å². The molecule has 0 aliphatic rings. The molecule has 16 heavy (non-hydrogen) atoms. The highest BCUT2D eigenvalue weighted by Crippen LogP contribution is 2.07. The molecule has 0 saturated heterocycles. The van der Waals surface area contributed by atoms with E-state index in [4.69, 9.17) is 10.5 Å². The molecule has 1 aromatic rings. The van der Waals surface area contributed by atoms with Crippen molar-refractivity contribution in [2.75, 3.05) is 13.2 Å². The highest BCUT2D eigenvalue weighted by Gasteiger charge is 2.06. The summed E-state index contributed by atoms with van der Waals surface area (Å²) >= 11 is 0. The first-order valence-corrected chi connectivity index (χ1v) is 5.35. The van der Waals surface area contributed by atoms with Crippen LogP contribution in [0.15, 0.2) is 36.9 Å². The van der Waals surface area contributed by atoms with E-state index in [0.717, 1.165) is 12.0 Å².